The summed E-state index contributed by atoms with van der Waals surface area (Å²) in [5.74, 6) is -0.123. The summed E-state index contributed by atoms with van der Waals surface area (Å²) < 4.78 is 0. The number of amides is 2. The van der Waals surface area contributed by atoms with Gasteiger partial charge in [-0.15, -0.1) is 0 Å². The van der Waals surface area contributed by atoms with Gasteiger partial charge in [0.05, 0.1) is 0 Å². The minimum atomic E-state index is -0.610. The Morgan fingerprint density at radius 3 is 2.10 bits per heavy atom. The van der Waals surface area contributed by atoms with E-state index < -0.39 is 5.41 Å². The first-order chi connectivity index (χ1) is 13.5. The quantitative estimate of drug-likeness (QED) is 0.654. The summed E-state index contributed by atoms with van der Waals surface area (Å²) in [6.45, 7) is 13.7. The van der Waals surface area contributed by atoms with E-state index in [4.69, 9.17) is 0 Å². The van der Waals surface area contributed by atoms with Gasteiger partial charge >= 0.3 is 0 Å². The lowest BCUT2D eigenvalue weighted by Crippen LogP contribution is -2.38. The van der Waals surface area contributed by atoms with Gasteiger partial charge in [0.2, 0.25) is 5.91 Å². The summed E-state index contributed by atoms with van der Waals surface area (Å²) in [4.78, 5) is 25.5. The second-order valence-electron chi connectivity index (χ2n) is 8.86. The number of carbonyl (C=O) groups is 2. The monoisotopic (exact) mass is 392 g/mol. The van der Waals surface area contributed by atoms with E-state index in [2.05, 4.69) is 24.5 Å². The van der Waals surface area contributed by atoms with Crippen molar-refractivity contribution in [2.75, 3.05) is 5.32 Å². The average molecular weight is 393 g/mol. The zero-order valence-electron chi connectivity index (χ0n) is 18.5. The molecule has 4 heteroatoms. The van der Waals surface area contributed by atoms with Crippen molar-refractivity contribution >= 4 is 23.6 Å². The first-order valence-electron chi connectivity index (χ1n) is 9.99. The Bertz CT molecular complexity index is 917. The third-order valence-corrected chi connectivity index (χ3v) is 4.72. The predicted molar refractivity (Wildman–Crippen MR) is 121 cm³/mol. The molecule has 0 heterocycles. The number of rotatable bonds is 5. The Kier molecular flexibility index (Phi) is 7.02. The van der Waals surface area contributed by atoms with E-state index in [0.29, 0.717) is 5.92 Å². The third kappa shape index (κ3) is 6.31. The van der Waals surface area contributed by atoms with Crippen LogP contribution in [0.1, 0.15) is 62.8 Å². The van der Waals surface area contributed by atoms with E-state index >= 15 is 0 Å². The molecule has 0 aliphatic carbocycles. The Morgan fingerprint density at radius 1 is 0.966 bits per heavy atom. The van der Waals surface area contributed by atoms with Crippen molar-refractivity contribution in [1.82, 2.24) is 5.32 Å². The number of hydrogen-bond acceptors (Lipinski definition) is 2. The van der Waals surface area contributed by atoms with Crippen molar-refractivity contribution in [2.45, 2.75) is 54.4 Å². The van der Waals surface area contributed by atoms with Crippen molar-refractivity contribution in [3.05, 3.63) is 70.4 Å². The summed E-state index contributed by atoms with van der Waals surface area (Å²) >= 11 is 0. The van der Waals surface area contributed by atoms with Gasteiger partial charge < -0.3 is 10.6 Å². The molecule has 0 unspecified atom stereocenters. The molecule has 0 spiro atoms. The van der Waals surface area contributed by atoms with E-state index in [-0.39, 0.29) is 17.5 Å². The lowest BCUT2D eigenvalue weighted by molar-refractivity contribution is -0.128. The molecular weight excluding hydrogens is 360 g/mol. The van der Waals surface area contributed by atoms with Gasteiger partial charge in [0.25, 0.3) is 5.91 Å². The highest BCUT2D eigenvalue weighted by Crippen LogP contribution is 2.20. The lowest BCUT2D eigenvalue weighted by atomic mass is 9.95. The van der Waals surface area contributed by atoms with E-state index in [0.717, 1.165) is 22.4 Å². The SMILES string of the molecule is Cc1ccc(NC(=O)/C(=C\c2ccc(C(C)C)cc2)NC(=O)C(C)(C)C)c(C)c1. The first-order valence-corrected chi connectivity index (χ1v) is 9.99. The van der Waals surface area contributed by atoms with Crippen LogP contribution >= 0.6 is 0 Å². The molecule has 0 saturated heterocycles. The maximum Gasteiger partial charge on any atom is 0.272 e. The summed E-state index contributed by atoms with van der Waals surface area (Å²) in [5, 5.41) is 5.73. The zero-order chi connectivity index (χ0) is 21.8. The van der Waals surface area contributed by atoms with Crippen molar-refractivity contribution in [3.63, 3.8) is 0 Å². The fourth-order valence-corrected chi connectivity index (χ4v) is 2.76. The molecule has 2 aromatic rings. The first kappa shape index (κ1) is 22.4. The van der Waals surface area contributed by atoms with Crippen molar-refractivity contribution < 1.29 is 9.59 Å². The average Bonchev–Trinajstić information content (AvgIpc) is 2.63. The summed E-state index contributed by atoms with van der Waals surface area (Å²) in [6.07, 6.45) is 1.71. The fourth-order valence-electron chi connectivity index (χ4n) is 2.76. The van der Waals surface area contributed by atoms with Crippen LogP contribution in [0.25, 0.3) is 6.08 Å². The molecule has 0 saturated carbocycles. The van der Waals surface area contributed by atoms with Gasteiger partial charge in [-0.05, 0) is 48.6 Å². The van der Waals surface area contributed by atoms with Crippen LogP contribution in [0.3, 0.4) is 0 Å². The maximum absolute atomic E-state index is 13.0. The number of anilines is 1. The predicted octanol–water partition coefficient (Wildman–Crippen LogP) is 5.57. The molecule has 0 atom stereocenters. The standard InChI is InChI=1S/C25H32N2O2/c1-16(2)20-11-9-19(10-12-20)15-22(27-24(29)25(5,6)7)23(28)26-21-13-8-17(3)14-18(21)4/h8-16H,1-7H3,(H,26,28)(H,27,29)/b22-15+. The second kappa shape index (κ2) is 9.08. The topological polar surface area (TPSA) is 58.2 Å². The highest BCUT2D eigenvalue weighted by atomic mass is 16.2. The number of carbonyl (C=O) groups excluding carboxylic acids is 2. The summed E-state index contributed by atoms with van der Waals surface area (Å²) in [6, 6.07) is 13.8. The van der Waals surface area contributed by atoms with Crippen LogP contribution in [0.5, 0.6) is 0 Å². The van der Waals surface area contributed by atoms with Gasteiger partial charge in [-0.2, -0.15) is 0 Å². The van der Waals surface area contributed by atoms with Gasteiger partial charge in [-0.1, -0.05) is 76.6 Å². The maximum atomic E-state index is 13.0. The van der Waals surface area contributed by atoms with Gasteiger partial charge in [0.15, 0.2) is 0 Å². The van der Waals surface area contributed by atoms with Gasteiger partial charge in [-0.25, -0.2) is 0 Å². The minimum Gasteiger partial charge on any atom is -0.321 e. The van der Waals surface area contributed by atoms with E-state index in [1.54, 1.807) is 6.08 Å². The smallest absolute Gasteiger partial charge is 0.272 e. The molecule has 2 amide bonds. The molecule has 2 aromatic carbocycles. The fraction of sp³-hybridized carbons (Fsp3) is 0.360. The second-order valence-corrected chi connectivity index (χ2v) is 8.86. The normalized spacial score (nSPS) is 12.1. The van der Waals surface area contributed by atoms with Crippen LogP contribution in [0.4, 0.5) is 5.69 Å². The van der Waals surface area contributed by atoms with Crippen molar-refractivity contribution in [1.29, 1.82) is 0 Å². The van der Waals surface area contributed by atoms with Crippen LogP contribution in [0, 0.1) is 19.3 Å². The van der Waals surface area contributed by atoms with E-state index in [1.165, 1.54) is 5.56 Å². The number of aryl methyl sites for hydroxylation is 2. The summed E-state index contributed by atoms with van der Waals surface area (Å²) in [5.41, 5.74) is 4.52. The molecule has 154 valence electrons. The van der Waals surface area contributed by atoms with E-state index in [1.807, 2.05) is 77.1 Å². The number of nitrogens with one attached hydrogen (secondary N) is 2. The molecule has 0 radical (unpaired) electrons. The minimum absolute atomic E-state index is 0.210. The highest BCUT2D eigenvalue weighted by Gasteiger charge is 2.24. The van der Waals surface area contributed by atoms with Gasteiger partial charge in [0, 0.05) is 11.1 Å². The molecule has 0 aromatic heterocycles. The molecule has 2 N–H and O–H groups in total. The molecule has 0 fully saturated rings. The number of benzene rings is 2. The Morgan fingerprint density at radius 2 is 1.59 bits per heavy atom. The molecule has 0 aliphatic heterocycles. The highest BCUT2D eigenvalue weighted by molar-refractivity contribution is 6.09. The Hall–Kier alpha value is -2.88. The molecule has 0 aliphatic rings. The Labute approximate surface area is 174 Å². The van der Waals surface area contributed by atoms with Crippen LogP contribution in [-0.2, 0) is 9.59 Å². The van der Waals surface area contributed by atoms with Crippen molar-refractivity contribution in [3.8, 4) is 0 Å². The third-order valence-electron chi connectivity index (χ3n) is 4.72. The summed E-state index contributed by atoms with van der Waals surface area (Å²) in [7, 11) is 0. The molecule has 4 nitrogen and oxygen atoms in total. The zero-order valence-corrected chi connectivity index (χ0v) is 18.5. The molecule has 2 rings (SSSR count). The van der Waals surface area contributed by atoms with Gasteiger partial charge in [0.1, 0.15) is 5.70 Å². The van der Waals surface area contributed by atoms with Crippen LogP contribution in [0.2, 0.25) is 0 Å². The van der Waals surface area contributed by atoms with Crippen LogP contribution in [0.15, 0.2) is 48.2 Å². The molecule has 0 bridgehead atoms. The number of hydrogen-bond donors (Lipinski definition) is 2. The Balaban J connectivity index is 2.35. The van der Waals surface area contributed by atoms with E-state index in [9.17, 15) is 9.59 Å². The van der Waals surface area contributed by atoms with Crippen molar-refractivity contribution in [2.24, 2.45) is 5.41 Å². The lowest BCUT2D eigenvalue weighted by Gasteiger charge is -2.19. The van der Waals surface area contributed by atoms with Gasteiger partial charge in [-0.3, -0.25) is 9.59 Å². The molecular formula is C25H32N2O2. The van der Waals surface area contributed by atoms with Crippen LogP contribution < -0.4 is 10.6 Å². The largest absolute Gasteiger partial charge is 0.321 e. The van der Waals surface area contributed by atoms with Crippen LogP contribution in [-0.4, -0.2) is 11.8 Å². The molecule has 29 heavy (non-hydrogen) atoms.